The molecule has 2 unspecified atom stereocenters. The van der Waals surface area contributed by atoms with Gasteiger partial charge >= 0.3 is 57.7 Å². The van der Waals surface area contributed by atoms with Crippen molar-refractivity contribution in [1.29, 1.82) is 0 Å². The van der Waals surface area contributed by atoms with Gasteiger partial charge in [0.05, 0.1) is 6.54 Å². The Morgan fingerprint density at radius 1 is 1.32 bits per heavy atom. The van der Waals surface area contributed by atoms with Crippen molar-refractivity contribution in [2.75, 3.05) is 20.5 Å². The number of methoxy groups -OCH3 is 1. The summed E-state index contributed by atoms with van der Waals surface area (Å²) in [5.74, 6) is -2.69. The van der Waals surface area contributed by atoms with Gasteiger partial charge in [0, 0.05) is 23.4 Å². The van der Waals surface area contributed by atoms with Crippen LogP contribution in [0.25, 0.3) is 0 Å². The zero-order valence-corrected chi connectivity index (χ0v) is 20.2. The zero-order chi connectivity index (χ0) is 21.9. The molecule has 0 bridgehead atoms. The van der Waals surface area contributed by atoms with E-state index in [0.717, 1.165) is 12.1 Å². The maximum atomic E-state index is 13.4. The Balaban J connectivity index is 0.00000341. The fraction of sp³-hybridized carbons (Fsp3) is 0.500. The molecule has 1 saturated heterocycles. The summed E-state index contributed by atoms with van der Waals surface area (Å²) in [7, 11) is 1.37. The van der Waals surface area contributed by atoms with E-state index in [1.54, 1.807) is 0 Å². The molecule has 1 aromatic carbocycles. The summed E-state index contributed by atoms with van der Waals surface area (Å²) in [6.45, 7) is -0.570. The molecule has 3 rings (SSSR count). The summed E-state index contributed by atoms with van der Waals surface area (Å²) in [5.41, 5.74) is -0.881. The molecule has 1 fully saturated rings. The van der Waals surface area contributed by atoms with E-state index in [1.807, 2.05) is 0 Å². The summed E-state index contributed by atoms with van der Waals surface area (Å²) in [4.78, 5) is 0. The molecule has 31 heavy (non-hydrogen) atoms. The van der Waals surface area contributed by atoms with Gasteiger partial charge in [0.1, 0.15) is 25.5 Å². The third-order valence-electron chi connectivity index (χ3n) is 3.96. The summed E-state index contributed by atoms with van der Waals surface area (Å²) in [6.07, 6.45) is -7.92. The van der Waals surface area contributed by atoms with Crippen molar-refractivity contribution < 1.29 is 97.0 Å². The molecular formula is C16H15F5KN3O5S. The summed E-state index contributed by atoms with van der Waals surface area (Å²) in [5, 5.41) is 7.29. The van der Waals surface area contributed by atoms with Crippen molar-refractivity contribution in [1.82, 2.24) is 14.8 Å². The van der Waals surface area contributed by atoms with E-state index in [2.05, 4.69) is 14.9 Å². The molecule has 0 N–H and O–H groups in total. The molecule has 0 amide bonds. The van der Waals surface area contributed by atoms with E-state index in [-0.39, 0.29) is 82.0 Å². The van der Waals surface area contributed by atoms with Crippen LogP contribution < -0.4 is 56.1 Å². The maximum Gasteiger partial charge on any atom is 1.00 e. The van der Waals surface area contributed by atoms with Crippen molar-refractivity contribution in [3.05, 3.63) is 35.7 Å². The molecule has 0 spiro atoms. The average molecular weight is 495 g/mol. The Morgan fingerprint density at radius 3 is 2.65 bits per heavy atom. The fourth-order valence-electron chi connectivity index (χ4n) is 2.77. The molecule has 0 radical (unpaired) electrons. The minimum atomic E-state index is -5.09. The van der Waals surface area contributed by atoms with Crippen LogP contribution in [0.5, 0.6) is 5.75 Å². The number of hydrogen-bond donors (Lipinski definition) is 0. The van der Waals surface area contributed by atoms with Gasteiger partial charge in [0.15, 0.2) is 6.29 Å². The largest absolute Gasteiger partial charge is 1.00 e. The van der Waals surface area contributed by atoms with Gasteiger partial charge in [-0.25, -0.2) is 8.78 Å². The predicted molar refractivity (Wildman–Crippen MR) is 89.2 cm³/mol. The van der Waals surface area contributed by atoms with Gasteiger partial charge in [-0.2, -0.15) is 5.10 Å². The summed E-state index contributed by atoms with van der Waals surface area (Å²) in [6, 6.07) is 2.44. The third-order valence-corrected chi connectivity index (χ3v) is 4.28. The smallest absolute Gasteiger partial charge is 0.740 e. The van der Waals surface area contributed by atoms with E-state index in [9.17, 15) is 22.0 Å². The second-order valence-electron chi connectivity index (χ2n) is 6.07. The van der Waals surface area contributed by atoms with E-state index in [1.165, 1.54) is 18.0 Å². The third kappa shape index (κ3) is 6.99. The van der Waals surface area contributed by atoms with Crippen LogP contribution in [0.4, 0.5) is 22.0 Å². The summed E-state index contributed by atoms with van der Waals surface area (Å²) < 4.78 is 91.4. The van der Waals surface area contributed by atoms with Gasteiger partial charge in [-0.3, -0.25) is 0 Å². The van der Waals surface area contributed by atoms with E-state index in [4.69, 9.17) is 31.6 Å². The minimum Gasteiger partial charge on any atom is -0.740 e. The van der Waals surface area contributed by atoms with Crippen LogP contribution in [0.2, 0.25) is 0 Å². The van der Waals surface area contributed by atoms with Crippen LogP contribution in [0.15, 0.2) is 29.7 Å². The van der Waals surface area contributed by atoms with Crippen molar-refractivity contribution in [3.8, 4) is 5.75 Å². The first-order valence-corrected chi connectivity index (χ1v) is 8.69. The van der Waals surface area contributed by atoms with Crippen molar-refractivity contribution in [2.45, 2.75) is 36.6 Å². The van der Waals surface area contributed by atoms with Gasteiger partial charge in [0.25, 0.3) is 6.43 Å². The maximum absolute atomic E-state index is 13.4. The van der Waals surface area contributed by atoms with Crippen LogP contribution in [0, 0.1) is 0 Å². The number of aromatic nitrogens is 3. The van der Waals surface area contributed by atoms with Gasteiger partial charge in [-0.05, 0) is 18.2 Å². The fourth-order valence-corrected chi connectivity index (χ4v) is 2.93. The Hall–Kier alpha value is -0.494. The Bertz CT molecular complexity index is 874. The number of alkyl halides is 5. The molecule has 8 nitrogen and oxygen atoms in total. The number of ether oxygens (including phenoxy) is 5. The topological polar surface area (TPSA) is 76.9 Å². The first-order chi connectivity index (χ1) is 14.1. The number of halogens is 5. The van der Waals surface area contributed by atoms with Gasteiger partial charge < -0.3 is 40.9 Å². The van der Waals surface area contributed by atoms with Crippen LogP contribution in [0.3, 0.4) is 0 Å². The van der Waals surface area contributed by atoms with E-state index in [0.29, 0.717) is 6.07 Å². The molecule has 0 aliphatic carbocycles. The van der Waals surface area contributed by atoms with Crippen molar-refractivity contribution in [3.63, 3.8) is 0 Å². The number of hydrogen-bond acceptors (Lipinski definition) is 8. The molecule has 2 heterocycles. The molecule has 166 valence electrons. The quantitative estimate of drug-likeness (QED) is 0.217. The van der Waals surface area contributed by atoms with Crippen LogP contribution in [-0.4, -0.2) is 47.9 Å². The number of nitrogens with zero attached hydrogens (tertiary/aromatic N) is 3. The molecule has 15 heteroatoms. The van der Waals surface area contributed by atoms with Gasteiger partial charge in [-0.1, -0.05) is 0 Å². The van der Waals surface area contributed by atoms with Crippen molar-refractivity contribution >= 4 is 12.6 Å². The molecule has 0 saturated carbocycles. The average Bonchev–Trinajstić information content (AvgIpc) is 3.26. The molecule has 2 atom stereocenters. The second-order valence-corrected chi connectivity index (χ2v) is 6.43. The van der Waals surface area contributed by atoms with Crippen LogP contribution in [0.1, 0.15) is 17.6 Å². The second kappa shape index (κ2) is 11.1. The molecule has 2 aromatic rings. The van der Waals surface area contributed by atoms with Crippen LogP contribution in [-0.2, 0) is 43.9 Å². The minimum absolute atomic E-state index is 0. The standard InChI is InChI=1S/C16H16F5N3O5S.K/c1-25-8-26-12-5-27-15(29-12,6-24-7-22-23-14(24)30)10-2-9(13(17)18)3-11(4-10)28-16(19,20)21;/h2-4,7,12-13H,5-6,8H2,1H3,(H,23,30);/q;+1/p-1. The normalized spacial score (nSPS) is 21.3. The Labute approximate surface area is 221 Å². The van der Waals surface area contributed by atoms with Crippen molar-refractivity contribution in [2.24, 2.45) is 0 Å². The molecule has 1 aliphatic rings. The molecule has 1 aliphatic heterocycles. The summed E-state index contributed by atoms with van der Waals surface area (Å²) >= 11 is 5.02. The molecule has 1 aromatic heterocycles. The monoisotopic (exact) mass is 495 g/mol. The predicted octanol–water partition coefficient (Wildman–Crippen LogP) is -0.130. The SMILES string of the molecule is COCOC1COC(Cn2cnnc2[S-])(c2cc(OC(F)(F)F)cc(C(F)F)c2)O1.[K+]. The first kappa shape index (κ1) is 26.8. The zero-order valence-electron chi connectivity index (χ0n) is 16.3. The molecular weight excluding hydrogens is 480 g/mol. The van der Waals surface area contributed by atoms with Gasteiger partial charge in [-0.15, -0.1) is 18.3 Å². The number of rotatable bonds is 8. The first-order valence-electron chi connectivity index (χ1n) is 8.28. The van der Waals surface area contributed by atoms with E-state index < -0.39 is 36.2 Å². The van der Waals surface area contributed by atoms with Gasteiger partial charge in [0.2, 0.25) is 5.79 Å². The van der Waals surface area contributed by atoms with Crippen LogP contribution >= 0.6 is 0 Å². The Morgan fingerprint density at radius 2 is 2.06 bits per heavy atom. The Kier molecular flexibility index (Phi) is 9.57. The number of benzene rings is 1. The van der Waals surface area contributed by atoms with E-state index >= 15 is 0 Å².